The molecule has 6 rings (SSSR count). The van der Waals surface area contributed by atoms with Crippen LogP contribution >= 0.6 is 0 Å². The molecule has 3 aromatic carbocycles. The van der Waals surface area contributed by atoms with Gasteiger partial charge in [0, 0.05) is 30.1 Å². The van der Waals surface area contributed by atoms with Crippen molar-refractivity contribution in [3.8, 4) is 22.8 Å². The average Bonchev–Trinajstić information content (AvgIpc) is 3.48. The highest BCUT2D eigenvalue weighted by atomic mass is 16.5. The minimum absolute atomic E-state index is 0.107. The SMILES string of the molecule is O=C1c2[nH]nc(-c3ccccc3O)c2C(c2cccc(OCc3ccccc3)c2)N1Cc1ccncc1. The van der Waals surface area contributed by atoms with Crippen molar-refractivity contribution in [1.82, 2.24) is 20.1 Å². The highest BCUT2D eigenvalue weighted by Crippen LogP contribution is 2.45. The third-order valence-electron chi connectivity index (χ3n) is 6.55. The summed E-state index contributed by atoms with van der Waals surface area (Å²) in [5, 5.41) is 18.0. The van der Waals surface area contributed by atoms with Crippen molar-refractivity contribution >= 4 is 5.91 Å². The van der Waals surface area contributed by atoms with Gasteiger partial charge in [0.25, 0.3) is 5.91 Å². The molecule has 2 N–H and O–H groups in total. The lowest BCUT2D eigenvalue weighted by molar-refractivity contribution is 0.0729. The van der Waals surface area contributed by atoms with Crippen molar-refractivity contribution in [3.05, 3.63) is 131 Å². The second-order valence-corrected chi connectivity index (χ2v) is 8.92. The second kappa shape index (κ2) is 9.62. The van der Waals surface area contributed by atoms with Crippen molar-refractivity contribution in [2.24, 2.45) is 0 Å². The van der Waals surface area contributed by atoms with Gasteiger partial charge in [-0.05, 0) is 53.1 Å². The molecule has 0 saturated carbocycles. The smallest absolute Gasteiger partial charge is 0.273 e. The first kappa shape index (κ1) is 22.5. The Morgan fingerprint density at radius 2 is 1.68 bits per heavy atom. The van der Waals surface area contributed by atoms with Gasteiger partial charge in [0.05, 0.1) is 6.04 Å². The molecule has 1 amide bonds. The molecule has 1 aliphatic heterocycles. The molecule has 3 heterocycles. The molecule has 37 heavy (non-hydrogen) atoms. The Labute approximate surface area is 214 Å². The average molecular weight is 489 g/mol. The summed E-state index contributed by atoms with van der Waals surface area (Å²) in [5.74, 6) is 0.663. The number of benzene rings is 3. The quantitative estimate of drug-likeness (QED) is 0.316. The molecule has 0 saturated heterocycles. The van der Waals surface area contributed by atoms with Crippen molar-refractivity contribution < 1.29 is 14.6 Å². The number of phenolic OH excluding ortho intramolecular Hbond substituents is 1. The molecule has 7 nitrogen and oxygen atoms in total. The molecule has 1 aliphatic rings. The van der Waals surface area contributed by atoms with Gasteiger partial charge in [-0.25, -0.2) is 0 Å². The van der Waals surface area contributed by atoms with Crippen molar-refractivity contribution in [1.29, 1.82) is 0 Å². The van der Waals surface area contributed by atoms with E-state index in [1.54, 1.807) is 30.6 Å². The van der Waals surface area contributed by atoms with Crippen LogP contribution in [0.4, 0.5) is 0 Å². The number of carbonyl (C=O) groups is 1. The first-order chi connectivity index (χ1) is 18.2. The first-order valence-electron chi connectivity index (χ1n) is 12.0. The van der Waals surface area contributed by atoms with Crippen LogP contribution in [0.25, 0.3) is 11.3 Å². The number of aromatic nitrogens is 3. The zero-order valence-electron chi connectivity index (χ0n) is 19.9. The second-order valence-electron chi connectivity index (χ2n) is 8.92. The van der Waals surface area contributed by atoms with E-state index in [4.69, 9.17) is 4.74 Å². The van der Waals surface area contributed by atoms with Crippen LogP contribution in [0.3, 0.4) is 0 Å². The number of fused-ring (bicyclic) bond motifs is 1. The van der Waals surface area contributed by atoms with E-state index < -0.39 is 6.04 Å². The van der Waals surface area contributed by atoms with E-state index in [0.29, 0.717) is 35.9 Å². The van der Waals surface area contributed by atoms with E-state index in [-0.39, 0.29) is 11.7 Å². The van der Waals surface area contributed by atoms with Crippen LogP contribution in [0.15, 0.2) is 103 Å². The number of aromatic hydroxyl groups is 1. The predicted molar refractivity (Wildman–Crippen MR) is 139 cm³/mol. The Morgan fingerprint density at radius 3 is 2.49 bits per heavy atom. The number of para-hydroxylation sites is 1. The Kier molecular flexibility index (Phi) is 5.86. The number of amides is 1. The molecule has 0 aliphatic carbocycles. The van der Waals surface area contributed by atoms with E-state index in [2.05, 4.69) is 15.2 Å². The number of phenols is 1. The fourth-order valence-electron chi connectivity index (χ4n) is 4.79. The first-order valence-corrected chi connectivity index (χ1v) is 12.0. The van der Waals surface area contributed by atoms with Crippen LogP contribution in [-0.4, -0.2) is 31.1 Å². The largest absolute Gasteiger partial charge is 0.507 e. The zero-order valence-corrected chi connectivity index (χ0v) is 19.9. The molecular formula is C30H24N4O3. The van der Waals surface area contributed by atoms with Gasteiger partial charge >= 0.3 is 0 Å². The van der Waals surface area contributed by atoms with E-state index >= 15 is 0 Å². The third kappa shape index (κ3) is 4.31. The van der Waals surface area contributed by atoms with Crippen LogP contribution < -0.4 is 4.74 Å². The lowest BCUT2D eigenvalue weighted by atomic mass is 9.95. The number of rotatable bonds is 7. The summed E-state index contributed by atoms with van der Waals surface area (Å²) in [4.78, 5) is 19.6. The van der Waals surface area contributed by atoms with Crippen LogP contribution in [0.2, 0.25) is 0 Å². The van der Waals surface area contributed by atoms with Gasteiger partial charge in [-0.2, -0.15) is 5.10 Å². The van der Waals surface area contributed by atoms with E-state index in [0.717, 1.165) is 22.3 Å². The summed E-state index contributed by atoms with van der Waals surface area (Å²) in [6, 6.07) is 28.2. The van der Waals surface area contributed by atoms with Crippen LogP contribution in [0, 0.1) is 0 Å². The minimum atomic E-state index is -0.427. The van der Waals surface area contributed by atoms with E-state index in [1.165, 1.54) is 0 Å². The lowest BCUT2D eigenvalue weighted by Gasteiger charge is -2.27. The molecule has 0 bridgehead atoms. The molecule has 1 unspecified atom stereocenters. The van der Waals surface area contributed by atoms with Gasteiger partial charge in [0.1, 0.15) is 29.5 Å². The molecular weight excluding hydrogens is 464 g/mol. The van der Waals surface area contributed by atoms with Gasteiger partial charge in [-0.3, -0.25) is 14.9 Å². The van der Waals surface area contributed by atoms with Crippen LogP contribution in [0.5, 0.6) is 11.5 Å². The third-order valence-corrected chi connectivity index (χ3v) is 6.55. The highest BCUT2D eigenvalue weighted by molar-refractivity contribution is 6.00. The summed E-state index contributed by atoms with van der Waals surface area (Å²) in [7, 11) is 0. The predicted octanol–water partition coefficient (Wildman–Crippen LogP) is 5.50. The van der Waals surface area contributed by atoms with Crippen LogP contribution in [0.1, 0.15) is 38.8 Å². The molecule has 182 valence electrons. The number of pyridine rings is 1. The summed E-state index contributed by atoms with van der Waals surface area (Å²) < 4.78 is 6.10. The molecule has 7 heteroatoms. The number of nitrogens with one attached hydrogen (secondary N) is 1. The van der Waals surface area contributed by atoms with E-state index in [9.17, 15) is 9.90 Å². The zero-order chi connectivity index (χ0) is 25.2. The van der Waals surface area contributed by atoms with Gasteiger partial charge in [0.15, 0.2) is 0 Å². The molecule has 0 spiro atoms. The summed E-state index contributed by atoms with van der Waals surface area (Å²) in [6.07, 6.45) is 3.44. The molecule has 0 radical (unpaired) electrons. The van der Waals surface area contributed by atoms with Crippen molar-refractivity contribution in [2.45, 2.75) is 19.2 Å². The summed E-state index contributed by atoms with van der Waals surface area (Å²) >= 11 is 0. The molecule has 1 atom stereocenters. The minimum Gasteiger partial charge on any atom is -0.507 e. The Balaban J connectivity index is 1.42. The number of H-pyrrole nitrogens is 1. The number of hydrogen-bond donors (Lipinski definition) is 2. The molecule has 0 fully saturated rings. The van der Waals surface area contributed by atoms with Crippen molar-refractivity contribution in [3.63, 3.8) is 0 Å². The monoisotopic (exact) mass is 488 g/mol. The van der Waals surface area contributed by atoms with Gasteiger partial charge in [0.2, 0.25) is 0 Å². The van der Waals surface area contributed by atoms with Gasteiger partial charge in [-0.15, -0.1) is 0 Å². The maximum absolute atomic E-state index is 13.7. The van der Waals surface area contributed by atoms with Crippen LogP contribution in [-0.2, 0) is 13.2 Å². The number of carbonyl (C=O) groups excluding carboxylic acids is 1. The lowest BCUT2D eigenvalue weighted by Crippen LogP contribution is -2.29. The van der Waals surface area contributed by atoms with Gasteiger partial charge < -0.3 is 14.7 Å². The maximum Gasteiger partial charge on any atom is 0.273 e. The number of hydrogen-bond acceptors (Lipinski definition) is 5. The Hall–Kier alpha value is -4.91. The number of ether oxygens (including phenoxy) is 1. The fourth-order valence-corrected chi connectivity index (χ4v) is 4.79. The maximum atomic E-state index is 13.7. The normalized spacial score (nSPS) is 14.5. The summed E-state index contributed by atoms with van der Waals surface area (Å²) in [6.45, 7) is 0.832. The fraction of sp³-hybridized carbons (Fsp3) is 0.100. The summed E-state index contributed by atoms with van der Waals surface area (Å²) in [5.41, 5.74) is 5.21. The Bertz CT molecular complexity index is 1550. The van der Waals surface area contributed by atoms with Gasteiger partial charge in [-0.1, -0.05) is 54.6 Å². The highest BCUT2D eigenvalue weighted by Gasteiger charge is 2.42. The van der Waals surface area contributed by atoms with E-state index in [1.807, 2.05) is 77.7 Å². The topological polar surface area (TPSA) is 91.3 Å². The molecule has 2 aromatic heterocycles. The number of nitrogens with zero attached hydrogens (tertiary/aromatic N) is 3. The standard InChI is InChI=1S/C30H24N4O3/c35-25-12-5-4-11-24(25)27-26-28(33-32-27)30(36)34(18-20-13-15-31-16-14-20)29(26)22-9-6-10-23(17-22)37-19-21-7-2-1-3-8-21/h1-17,29,35H,18-19H2,(H,32,33). The Morgan fingerprint density at radius 1 is 0.892 bits per heavy atom. The van der Waals surface area contributed by atoms with Crippen molar-refractivity contribution in [2.75, 3.05) is 0 Å². The number of aromatic amines is 1. The molecule has 5 aromatic rings.